The Morgan fingerprint density at radius 1 is 1.33 bits per heavy atom. The van der Waals surface area contributed by atoms with E-state index in [-0.39, 0.29) is 11.5 Å². The molecule has 1 N–H and O–H groups in total. The van der Waals surface area contributed by atoms with Gasteiger partial charge in [0.05, 0.1) is 5.60 Å². The SMILES string of the molecule is CC(C)(C)ONC(=O)CCSc1ccc(Br)cc1. The van der Waals surface area contributed by atoms with Crippen LogP contribution in [0.2, 0.25) is 0 Å². The highest BCUT2D eigenvalue weighted by Crippen LogP contribution is 2.21. The van der Waals surface area contributed by atoms with E-state index in [0.717, 1.165) is 15.1 Å². The molecule has 0 atom stereocenters. The predicted molar refractivity (Wildman–Crippen MR) is 78.5 cm³/mol. The maximum Gasteiger partial charge on any atom is 0.244 e. The molecule has 0 aromatic heterocycles. The molecule has 0 saturated heterocycles. The van der Waals surface area contributed by atoms with Crippen LogP contribution in [0.15, 0.2) is 33.6 Å². The van der Waals surface area contributed by atoms with Crippen LogP contribution < -0.4 is 5.48 Å². The minimum absolute atomic E-state index is 0.0884. The minimum atomic E-state index is -0.353. The zero-order valence-corrected chi connectivity index (χ0v) is 13.2. The number of carbonyl (C=O) groups excluding carboxylic acids is 1. The molecule has 0 heterocycles. The third kappa shape index (κ3) is 7.03. The van der Waals surface area contributed by atoms with Gasteiger partial charge in [0.25, 0.3) is 0 Å². The summed E-state index contributed by atoms with van der Waals surface area (Å²) in [5, 5.41) is 0. The summed E-state index contributed by atoms with van der Waals surface area (Å²) >= 11 is 5.04. The molecule has 1 rings (SSSR count). The van der Waals surface area contributed by atoms with Gasteiger partial charge in [0, 0.05) is 21.5 Å². The Balaban J connectivity index is 2.21. The number of rotatable bonds is 5. The van der Waals surface area contributed by atoms with Crippen molar-refractivity contribution in [2.45, 2.75) is 37.7 Å². The molecule has 0 spiro atoms. The van der Waals surface area contributed by atoms with E-state index >= 15 is 0 Å². The predicted octanol–water partition coefficient (Wildman–Crippen LogP) is 3.78. The Labute approximate surface area is 121 Å². The Morgan fingerprint density at radius 2 is 1.94 bits per heavy atom. The topological polar surface area (TPSA) is 38.3 Å². The molecule has 0 aliphatic rings. The van der Waals surface area contributed by atoms with E-state index < -0.39 is 0 Å². The summed E-state index contributed by atoms with van der Waals surface area (Å²) in [7, 11) is 0. The number of hydrogen-bond donors (Lipinski definition) is 1. The molecule has 1 aromatic carbocycles. The van der Waals surface area contributed by atoms with Crippen molar-refractivity contribution >= 4 is 33.6 Å². The van der Waals surface area contributed by atoms with Crippen LogP contribution >= 0.6 is 27.7 Å². The molecule has 1 amide bonds. The van der Waals surface area contributed by atoms with Crippen LogP contribution in [0, 0.1) is 0 Å². The molecule has 0 bridgehead atoms. The van der Waals surface area contributed by atoms with E-state index in [1.54, 1.807) is 11.8 Å². The first-order valence-corrected chi connectivity index (χ1v) is 7.50. The first-order chi connectivity index (χ1) is 8.37. The molecule has 0 aliphatic carbocycles. The van der Waals surface area contributed by atoms with Crippen LogP contribution in [-0.4, -0.2) is 17.3 Å². The molecule has 100 valence electrons. The fourth-order valence-electron chi connectivity index (χ4n) is 1.05. The number of halogens is 1. The highest BCUT2D eigenvalue weighted by atomic mass is 79.9. The molecule has 5 heteroatoms. The molecule has 18 heavy (non-hydrogen) atoms. The second-order valence-electron chi connectivity index (χ2n) is 4.79. The van der Waals surface area contributed by atoms with Crippen molar-refractivity contribution < 1.29 is 9.63 Å². The van der Waals surface area contributed by atoms with Crippen LogP contribution in [0.3, 0.4) is 0 Å². The van der Waals surface area contributed by atoms with Gasteiger partial charge in [-0.15, -0.1) is 11.8 Å². The van der Waals surface area contributed by atoms with Gasteiger partial charge in [0.1, 0.15) is 0 Å². The Morgan fingerprint density at radius 3 is 2.50 bits per heavy atom. The van der Waals surface area contributed by atoms with E-state index in [9.17, 15) is 4.79 Å². The lowest BCUT2D eigenvalue weighted by Gasteiger charge is -2.18. The molecule has 0 aliphatic heterocycles. The summed E-state index contributed by atoms with van der Waals surface area (Å²) in [5.74, 6) is 0.649. The van der Waals surface area contributed by atoms with E-state index in [1.165, 1.54) is 0 Å². The molecule has 0 saturated carbocycles. The molecule has 0 fully saturated rings. The Bertz CT molecular complexity index is 387. The molecule has 0 unspecified atom stereocenters. The summed E-state index contributed by atoms with van der Waals surface area (Å²) in [5.41, 5.74) is 2.11. The summed E-state index contributed by atoms with van der Waals surface area (Å²) in [6.45, 7) is 5.68. The van der Waals surface area contributed by atoms with E-state index in [4.69, 9.17) is 4.84 Å². The van der Waals surface area contributed by atoms with Crippen LogP contribution in [0.4, 0.5) is 0 Å². The fourth-order valence-corrected chi connectivity index (χ4v) is 2.17. The van der Waals surface area contributed by atoms with Crippen molar-refractivity contribution in [3.8, 4) is 0 Å². The maximum atomic E-state index is 11.5. The zero-order valence-electron chi connectivity index (χ0n) is 10.8. The number of hydroxylamine groups is 1. The van der Waals surface area contributed by atoms with Gasteiger partial charge in [-0.3, -0.25) is 9.63 Å². The van der Waals surface area contributed by atoms with Gasteiger partial charge < -0.3 is 0 Å². The van der Waals surface area contributed by atoms with E-state index in [1.807, 2.05) is 45.0 Å². The minimum Gasteiger partial charge on any atom is -0.273 e. The molecule has 0 radical (unpaired) electrons. The van der Waals surface area contributed by atoms with Crippen molar-refractivity contribution in [3.05, 3.63) is 28.7 Å². The van der Waals surface area contributed by atoms with E-state index in [2.05, 4.69) is 21.4 Å². The standard InChI is InChI=1S/C13H18BrNO2S/c1-13(2,3)17-15-12(16)8-9-18-11-6-4-10(14)5-7-11/h4-7H,8-9H2,1-3H3,(H,15,16). The highest BCUT2D eigenvalue weighted by Gasteiger charge is 2.12. The number of carbonyl (C=O) groups is 1. The van der Waals surface area contributed by atoms with Crippen LogP contribution in [0.25, 0.3) is 0 Å². The van der Waals surface area contributed by atoms with E-state index in [0.29, 0.717) is 6.42 Å². The number of amides is 1. The maximum absolute atomic E-state index is 11.5. The molecule has 1 aromatic rings. The summed E-state index contributed by atoms with van der Waals surface area (Å²) in [6.07, 6.45) is 0.441. The average molecular weight is 332 g/mol. The number of thioether (sulfide) groups is 1. The zero-order chi connectivity index (χ0) is 13.6. The summed E-state index contributed by atoms with van der Waals surface area (Å²) in [6, 6.07) is 8.03. The summed E-state index contributed by atoms with van der Waals surface area (Å²) in [4.78, 5) is 17.8. The van der Waals surface area contributed by atoms with Gasteiger partial charge in [-0.05, 0) is 45.0 Å². The number of benzene rings is 1. The van der Waals surface area contributed by atoms with Gasteiger partial charge in [0.2, 0.25) is 5.91 Å². The van der Waals surface area contributed by atoms with Crippen LogP contribution in [0.5, 0.6) is 0 Å². The second kappa shape index (κ2) is 7.16. The molecular formula is C13H18BrNO2S. The van der Waals surface area contributed by atoms with Crippen LogP contribution in [0.1, 0.15) is 27.2 Å². The normalized spacial score (nSPS) is 11.3. The lowest BCUT2D eigenvalue weighted by Crippen LogP contribution is -2.33. The first kappa shape index (κ1) is 15.5. The third-order valence-corrected chi connectivity index (χ3v) is 3.42. The highest BCUT2D eigenvalue weighted by molar-refractivity contribution is 9.10. The van der Waals surface area contributed by atoms with Gasteiger partial charge in [-0.2, -0.15) is 0 Å². The van der Waals surface area contributed by atoms with Crippen molar-refractivity contribution in [1.82, 2.24) is 5.48 Å². The fraction of sp³-hybridized carbons (Fsp3) is 0.462. The largest absolute Gasteiger partial charge is 0.273 e. The lowest BCUT2D eigenvalue weighted by molar-refractivity contribution is -0.145. The van der Waals surface area contributed by atoms with Gasteiger partial charge in [-0.1, -0.05) is 15.9 Å². The number of hydrogen-bond acceptors (Lipinski definition) is 3. The number of nitrogens with one attached hydrogen (secondary N) is 1. The van der Waals surface area contributed by atoms with Crippen molar-refractivity contribution in [3.63, 3.8) is 0 Å². The average Bonchev–Trinajstić information content (AvgIpc) is 2.28. The van der Waals surface area contributed by atoms with Crippen molar-refractivity contribution in [1.29, 1.82) is 0 Å². The molecular weight excluding hydrogens is 314 g/mol. The van der Waals surface area contributed by atoms with Gasteiger partial charge in [-0.25, -0.2) is 5.48 Å². The Kier molecular flexibility index (Phi) is 6.18. The molecule has 3 nitrogen and oxygen atoms in total. The third-order valence-electron chi connectivity index (χ3n) is 1.88. The van der Waals surface area contributed by atoms with Gasteiger partial charge >= 0.3 is 0 Å². The second-order valence-corrected chi connectivity index (χ2v) is 6.88. The van der Waals surface area contributed by atoms with Crippen molar-refractivity contribution in [2.24, 2.45) is 0 Å². The summed E-state index contributed by atoms with van der Waals surface area (Å²) < 4.78 is 1.06. The first-order valence-electron chi connectivity index (χ1n) is 5.72. The quantitative estimate of drug-likeness (QED) is 0.659. The lowest BCUT2D eigenvalue weighted by atomic mass is 10.2. The van der Waals surface area contributed by atoms with Crippen molar-refractivity contribution in [2.75, 3.05) is 5.75 Å². The van der Waals surface area contributed by atoms with Crippen LogP contribution in [-0.2, 0) is 9.63 Å². The monoisotopic (exact) mass is 331 g/mol. The van der Waals surface area contributed by atoms with Gasteiger partial charge in [0.15, 0.2) is 0 Å². The smallest absolute Gasteiger partial charge is 0.244 e. The Hall–Kier alpha value is -0.520.